The summed E-state index contributed by atoms with van der Waals surface area (Å²) < 4.78 is 31.2. The Labute approximate surface area is 241 Å². The molecule has 6 nitrogen and oxygen atoms in total. The Kier molecular flexibility index (Phi) is 7.95. The maximum atomic E-state index is 14.2. The van der Waals surface area contributed by atoms with Crippen LogP contribution in [0.2, 0.25) is 0 Å². The lowest BCUT2D eigenvalue weighted by atomic mass is 9.66. The first-order chi connectivity index (χ1) is 18.8. The molecule has 1 aromatic carbocycles. The fraction of sp³-hybridized carbons (Fsp3) is 0.758. The van der Waals surface area contributed by atoms with E-state index in [1.807, 2.05) is 35.2 Å². The smallest absolute Gasteiger partial charge is 0.329 e. The summed E-state index contributed by atoms with van der Waals surface area (Å²) in [6, 6.07) is 9.15. The predicted octanol–water partition coefficient (Wildman–Crippen LogP) is 6.18. The second-order valence-electron chi connectivity index (χ2n) is 14.9. The van der Waals surface area contributed by atoms with Crippen molar-refractivity contribution in [1.82, 2.24) is 4.90 Å². The second kappa shape index (κ2) is 10.7. The highest BCUT2D eigenvalue weighted by Gasteiger charge is 2.70. The van der Waals surface area contributed by atoms with Gasteiger partial charge >= 0.3 is 5.97 Å². The molecular formula is C33H49NO5S. The van der Waals surface area contributed by atoms with E-state index in [0.717, 1.165) is 56.9 Å². The van der Waals surface area contributed by atoms with Gasteiger partial charge in [-0.15, -0.1) is 0 Å². The van der Waals surface area contributed by atoms with Gasteiger partial charge in [-0.25, -0.2) is 13.2 Å². The molecule has 2 saturated heterocycles. The van der Waals surface area contributed by atoms with Crippen molar-refractivity contribution in [3.8, 4) is 0 Å². The zero-order valence-corrected chi connectivity index (χ0v) is 26.0. The van der Waals surface area contributed by atoms with E-state index in [4.69, 9.17) is 4.74 Å². The Hall–Kier alpha value is -1.89. The molecule has 2 heterocycles. The molecular weight excluding hydrogens is 522 g/mol. The van der Waals surface area contributed by atoms with Crippen molar-refractivity contribution in [2.24, 2.45) is 34.0 Å². The number of sulfone groups is 1. The van der Waals surface area contributed by atoms with E-state index in [9.17, 15) is 18.0 Å². The highest BCUT2D eigenvalue weighted by atomic mass is 32.2. The summed E-state index contributed by atoms with van der Waals surface area (Å²) in [7, 11) is -2.97. The van der Waals surface area contributed by atoms with Crippen molar-refractivity contribution in [3.05, 3.63) is 35.9 Å². The van der Waals surface area contributed by atoms with E-state index in [1.54, 1.807) is 0 Å². The monoisotopic (exact) mass is 571 g/mol. The minimum absolute atomic E-state index is 0.0338. The fourth-order valence-corrected chi connectivity index (χ4v) is 10.5. The minimum atomic E-state index is -2.97. The number of hydrogen-bond donors (Lipinski definition) is 0. The molecule has 5 atom stereocenters. The van der Waals surface area contributed by atoms with Crippen LogP contribution in [0.4, 0.5) is 0 Å². The summed E-state index contributed by atoms with van der Waals surface area (Å²) in [4.78, 5) is 29.6. The van der Waals surface area contributed by atoms with Gasteiger partial charge in [0.1, 0.15) is 12.6 Å². The molecule has 1 aromatic rings. The first-order valence-electron chi connectivity index (χ1n) is 15.5. The van der Waals surface area contributed by atoms with E-state index in [-0.39, 0.29) is 51.8 Å². The number of ether oxygens (including phenoxy) is 1. The lowest BCUT2D eigenvalue weighted by Gasteiger charge is -2.47. The van der Waals surface area contributed by atoms with E-state index in [2.05, 4.69) is 34.6 Å². The Morgan fingerprint density at radius 3 is 2.33 bits per heavy atom. The summed E-state index contributed by atoms with van der Waals surface area (Å²) in [6.07, 6.45) is 8.61. The molecule has 40 heavy (non-hydrogen) atoms. The van der Waals surface area contributed by atoms with Crippen LogP contribution >= 0.6 is 0 Å². The van der Waals surface area contributed by atoms with Crippen molar-refractivity contribution in [2.45, 2.75) is 110 Å². The van der Waals surface area contributed by atoms with Gasteiger partial charge in [-0.3, -0.25) is 4.79 Å². The second-order valence-corrected chi connectivity index (χ2v) is 17.2. The lowest BCUT2D eigenvalue weighted by Crippen LogP contribution is -2.51. The summed E-state index contributed by atoms with van der Waals surface area (Å²) >= 11 is 0. The molecule has 7 heteroatoms. The number of piperidine rings is 1. The first-order valence-corrected chi connectivity index (χ1v) is 17.2. The highest BCUT2D eigenvalue weighted by Crippen LogP contribution is 2.65. The Morgan fingerprint density at radius 2 is 1.75 bits per heavy atom. The maximum Gasteiger partial charge on any atom is 0.329 e. The Morgan fingerprint density at radius 1 is 1.07 bits per heavy atom. The highest BCUT2D eigenvalue weighted by molar-refractivity contribution is 7.93. The number of likely N-dealkylation sites (tertiary alicyclic amines) is 1. The number of nitrogens with zero attached hydrogens (tertiary/aromatic N) is 1. The normalized spacial score (nSPS) is 30.6. The van der Waals surface area contributed by atoms with E-state index >= 15 is 0 Å². The van der Waals surface area contributed by atoms with Gasteiger partial charge in [0, 0.05) is 18.4 Å². The molecule has 2 aliphatic carbocycles. The molecule has 0 unspecified atom stereocenters. The molecule has 4 fully saturated rings. The summed E-state index contributed by atoms with van der Waals surface area (Å²) in [6.45, 7) is 11.6. The van der Waals surface area contributed by atoms with Gasteiger partial charge in [0.05, 0.1) is 11.0 Å². The lowest BCUT2D eigenvalue weighted by molar-refractivity contribution is -0.159. The summed E-state index contributed by atoms with van der Waals surface area (Å²) in [5.41, 5.74) is 0.590. The maximum absolute atomic E-state index is 14.2. The van der Waals surface area contributed by atoms with Crippen molar-refractivity contribution in [1.29, 1.82) is 0 Å². The van der Waals surface area contributed by atoms with Crippen molar-refractivity contribution < 1.29 is 22.7 Å². The number of carbonyl (C=O) groups excluding carboxylic acids is 2. The SMILES string of the molecule is CC(C)(C)[C@H](CCCC1([C@@H]2CCS2(=O)=O)CCCCC1)C(=O)N1C[C@H]2[C@@H]([C@H]1C(=O)OCc1ccccc1)C2(C)C. The van der Waals surface area contributed by atoms with E-state index in [0.29, 0.717) is 18.2 Å². The zero-order valence-electron chi connectivity index (χ0n) is 25.2. The van der Waals surface area contributed by atoms with Crippen molar-refractivity contribution in [2.75, 3.05) is 12.3 Å². The average molecular weight is 572 g/mol. The van der Waals surface area contributed by atoms with Crippen LogP contribution < -0.4 is 0 Å². The molecule has 0 radical (unpaired) electrons. The molecule has 5 rings (SSSR count). The number of carbonyl (C=O) groups is 2. The van der Waals surface area contributed by atoms with Crippen LogP contribution in [0.15, 0.2) is 30.3 Å². The molecule has 4 aliphatic rings. The molecule has 0 N–H and O–H groups in total. The van der Waals surface area contributed by atoms with E-state index < -0.39 is 15.9 Å². The van der Waals surface area contributed by atoms with Gasteiger partial charge in [0.25, 0.3) is 0 Å². The largest absolute Gasteiger partial charge is 0.459 e. The third kappa shape index (κ3) is 5.48. The Bertz CT molecular complexity index is 1190. The van der Waals surface area contributed by atoms with Crippen LogP contribution in [0.1, 0.15) is 98.0 Å². The van der Waals surface area contributed by atoms with Gasteiger partial charge in [0.15, 0.2) is 9.84 Å². The van der Waals surface area contributed by atoms with Gasteiger partial charge in [-0.05, 0) is 59.8 Å². The molecule has 2 saturated carbocycles. The molecule has 1 amide bonds. The minimum Gasteiger partial charge on any atom is -0.459 e. The third-order valence-corrected chi connectivity index (χ3v) is 13.5. The summed E-state index contributed by atoms with van der Waals surface area (Å²) in [5.74, 6) is 0.328. The van der Waals surface area contributed by atoms with Crippen molar-refractivity contribution >= 4 is 21.7 Å². The van der Waals surface area contributed by atoms with Gasteiger partial charge in [0.2, 0.25) is 5.91 Å². The van der Waals surface area contributed by atoms with E-state index in [1.165, 1.54) is 6.42 Å². The third-order valence-electron chi connectivity index (χ3n) is 11.1. The summed E-state index contributed by atoms with van der Waals surface area (Å²) in [5, 5.41) is -0.194. The number of amides is 1. The molecule has 0 bridgehead atoms. The van der Waals surface area contributed by atoms with Crippen LogP contribution in [-0.2, 0) is 30.8 Å². The Balaban J connectivity index is 1.29. The standard InChI is InChI=1S/C33H49NO5S/c1-31(2,3)24(15-12-19-33(17-10-7-11-18-33)26-16-20-40(26,37)38)29(35)34-21-25-27(32(25,4)5)28(34)30(36)39-22-23-13-8-6-9-14-23/h6,8-9,13-14,24-28H,7,10-12,15-22H2,1-5H3/t24-,25+,26+,27+,28+/m1/s1. The van der Waals surface area contributed by atoms with Crippen LogP contribution in [0.5, 0.6) is 0 Å². The first kappa shape index (κ1) is 29.6. The predicted molar refractivity (Wildman–Crippen MR) is 157 cm³/mol. The van der Waals surface area contributed by atoms with Crippen LogP contribution in [0, 0.1) is 34.0 Å². The molecule has 2 aliphatic heterocycles. The van der Waals surface area contributed by atoms with Crippen molar-refractivity contribution in [3.63, 3.8) is 0 Å². The zero-order chi connectivity index (χ0) is 28.9. The average Bonchev–Trinajstić information content (AvgIpc) is 3.22. The van der Waals surface area contributed by atoms with Crippen LogP contribution in [0.3, 0.4) is 0 Å². The molecule has 222 valence electrons. The topological polar surface area (TPSA) is 80.8 Å². The number of fused-ring (bicyclic) bond motifs is 1. The number of rotatable bonds is 9. The quantitative estimate of drug-likeness (QED) is 0.331. The van der Waals surface area contributed by atoms with Gasteiger partial charge in [-0.1, -0.05) is 90.6 Å². The van der Waals surface area contributed by atoms with Crippen LogP contribution in [0.25, 0.3) is 0 Å². The molecule has 0 aromatic heterocycles. The van der Waals surface area contributed by atoms with Gasteiger partial charge < -0.3 is 9.64 Å². The number of benzene rings is 1. The molecule has 0 spiro atoms. The fourth-order valence-electron chi connectivity index (χ4n) is 8.49. The van der Waals surface area contributed by atoms with Crippen LogP contribution in [-0.4, -0.2) is 48.8 Å². The van der Waals surface area contributed by atoms with Gasteiger partial charge in [-0.2, -0.15) is 0 Å². The number of esters is 1. The number of hydrogen-bond acceptors (Lipinski definition) is 5.